The molecule has 0 aliphatic heterocycles. The fourth-order valence-electron chi connectivity index (χ4n) is 2.10. The van der Waals surface area contributed by atoms with E-state index in [1.165, 1.54) is 10.5 Å². The van der Waals surface area contributed by atoms with Crippen LogP contribution in [0.4, 0.5) is 0 Å². The third-order valence-corrected chi connectivity index (χ3v) is 3.52. The maximum Gasteiger partial charge on any atom is 0.258 e. The highest BCUT2D eigenvalue weighted by Crippen LogP contribution is 2.24. The summed E-state index contributed by atoms with van der Waals surface area (Å²) in [4.78, 5) is 16.5. The Labute approximate surface area is 136 Å². The van der Waals surface area contributed by atoms with E-state index in [1.54, 1.807) is 30.5 Å². The number of nitrogens with zero attached hydrogens (tertiary/aromatic N) is 2. The molecule has 3 rings (SSSR count). The Kier molecular flexibility index (Phi) is 4.05. The van der Waals surface area contributed by atoms with Gasteiger partial charge in [0.25, 0.3) is 5.56 Å². The lowest BCUT2D eigenvalue weighted by molar-refractivity contribution is 0.301. The molecule has 0 unspecified atom stereocenters. The van der Waals surface area contributed by atoms with Crippen LogP contribution in [0.3, 0.4) is 0 Å². The number of rotatable bonds is 3. The molecule has 0 atom stereocenters. The van der Waals surface area contributed by atoms with Crippen molar-refractivity contribution in [2.75, 3.05) is 0 Å². The second-order valence-corrected chi connectivity index (χ2v) is 5.79. The van der Waals surface area contributed by atoms with Crippen molar-refractivity contribution in [2.24, 2.45) is 0 Å². The van der Waals surface area contributed by atoms with Crippen molar-refractivity contribution in [2.45, 2.75) is 13.5 Å². The number of aryl methyl sites for hydroxylation is 1. The molecule has 22 heavy (non-hydrogen) atoms. The molecule has 0 saturated carbocycles. The van der Waals surface area contributed by atoms with Crippen LogP contribution in [0.5, 0.6) is 5.75 Å². The Morgan fingerprint density at radius 2 is 1.86 bits per heavy atom. The molecule has 0 bridgehead atoms. The van der Waals surface area contributed by atoms with Gasteiger partial charge in [-0.05, 0) is 36.8 Å². The molecule has 0 N–H and O–H groups in total. The Hall–Kier alpha value is -2.04. The van der Waals surface area contributed by atoms with E-state index in [0.717, 1.165) is 5.56 Å². The minimum atomic E-state index is -0.142. The quantitative estimate of drug-likeness (QED) is 0.729. The van der Waals surface area contributed by atoms with Crippen molar-refractivity contribution < 1.29 is 4.74 Å². The fraction of sp³-hybridized carbons (Fsp3) is 0.125. The lowest BCUT2D eigenvalue weighted by Gasteiger charge is -2.08. The number of aromatic nitrogens is 2. The second-order valence-electron chi connectivity index (χ2n) is 4.91. The van der Waals surface area contributed by atoms with Crippen molar-refractivity contribution in [1.29, 1.82) is 0 Å². The van der Waals surface area contributed by atoms with Crippen molar-refractivity contribution in [1.82, 2.24) is 9.38 Å². The molecule has 2 heterocycles. The second kappa shape index (κ2) is 5.99. The highest BCUT2D eigenvalue weighted by molar-refractivity contribution is 6.34. The molecular formula is C16H12Cl2N2O2. The SMILES string of the molecule is Cc1ccc2nc(COc3cc(Cl)cc(Cl)c3)cc(=O)n2c1. The van der Waals surface area contributed by atoms with Gasteiger partial charge in [0.1, 0.15) is 18.0 Å². The number of hydrogen-bond acceptors (Lipinski definition) is 3. The van der Waals surface area contributed by atoms with Crippen LogP contribution in [0.25, 0.3) is 5.65 Å². The summed E-state index contributed by atoms with van der Waals surface area (Å²) in [5.41, 5.74) is 1.98. The third kappa shape index (κ3) is 3.24. The minimum Gasteiger partial charge on any atom is -0.487 e. The minimum absolute atomic E-state index is 0.142. The molecule has 0 aliphatic rings. The summed E-state index contributed by atoms with van der Waals surface area (Å²) in [6, 6.07) is 10.1. The number of pyridine rings is 1. The molecule has 0 radical (unpaired) electrons. The van der Waals surface area contributed by atoms with Crippen LogP contribution in [0.15, 0.2) is 47.4 Å². The van der Waals surface area contributed by atoms with Crippen LogP contribution in [0.2, 0.25) is 10.0 Å². The van der Waals surface area contributed by atoms with E-state index < -0.39 is 0 Å². The summed E-state index contributed by atoms with van der Waals surface area (Å²) in [7, 11) is 0. The highest BCUT2D eigenvalue weighted by Gasteiger charge is 2.05. The van der Waals surface area contributed by atoms with Gasteiger partial charge in [0.15, 0.2) is 0 Å². The summed E-state index contributed by atoms with van der Waals surface area (Å²) in [5.74, 6) is 0.531. The average molecular weight is 335 g/mol. The Bertz CT molecular complexity index is 886. The molecule has 0 amide bonds. The maximum atomic E-state index is 12.1. The Balaban J connectivity index is 1.88. The molecule has 1 aromatic carbocycles. The summed E-state index contributed by atoms with van der Waals surface area (Å²) in [5, 5.41) is 0.981. The summed E-state index contributed by atoms with van der Waals surface area (Å²) < 4.78 is 7.11. The normalized spacial score (nSPS) is 10.9. The monoisotopic (exact) mass is 334 g/mol. The van der Waals surface area contributed by atoms with E-state index in [1.807, 2.05) is 13.0 Å². The molecule has 112 valence electrons. The number of hydrogen-bond donors (Lipinski definition) is 0. The van der Waals surface area contributed by atoms with Crippen molar-refractivity contribution in [3.05, 3.63) is 74.3 Å². The first-order valence-corrected chi connectivity index (χ1v) is 7.35. The van der Waals surface area contributed by atoms with Crippen molar-refractivity contribution in [3.8, 4) is 5.75 Å². The van der Waals surface area contributed by atoms with Crippen molar-refractivity contribution >= 4 is 28.8 Å². The van der Waals surface area contributed by atoms with Gasteiger partial charge >= 0.3 is 0 Å². The van der Waals surface area contributed by atoms with E-state index in [4.69, 9.17) is 27.9 Å². The first kappa shape index (κ1) is 14.9. The van der Waals surface area contributed by atoms with Crippen LogP contribution in [-0.4, -0.2) is 9.38 Å². The average Bonchev–Trinajstić information content (AvgIpc) is 2.45. The van der Waals surface area contributed by atoms with Crippen LogP contribution in [-0.2, 0) is 6.61 Å². The lowest BCUT2D eigenvalue weighted by atomic mass is 10.3. The van der Waals surface area contributed by atoms with Gasteiger partial charge in [0.05, 0.1) is 5.69 Å². The van der Waals surface area contributed by atoms with E-state index in [0.29, 0.717) is 27.1 Å². The van der Waals surface area contributed by atoms with Crippen LogP contribution < -0.4 is 10.3 Å². The van der Waals surface area contributed by atoms with Crippen LogP contribution >= 0.6 is 23.2 Å². The lowest BCUT2D eigenvalue weighted by Crippen LogP contribution is -2.16. The van der Waals surface area contributed by atoms with E-state index >= 15 is 0 Å². The van der Waals surface area contributed by atoms with E-state index in [-0.39, 0.29) is 12.2 Å². The molecular weight excluding hydrogens is 323 g/mol. The zero-order valence-electron chi connectivity index (χ0n) is 11.7. The summed E-state index contributed by atoms with van der Waals surface area (Å²) >= 11 is 11.8. The summed E-state index contributed by atoms with van der Waals surface area (Å²) in [6.45, 7) is 2.09. The van der Waals surface area contributed by atoms with Gasteiger partial charge < -0.3 is 4.74 Å². The number of halogens is 2. The van der Waals surface area contributed by atoms with Gasteiger partial charge in [-0.3, -0.25) is 9.20 Å². The smallest absolute Gasteiger partial charge is 0.258 e. The summed E-state index contributed by atoms with van der Waals surface area (Å²) in [6.07, 6.45) is 1.76. The van der Waals surface area contributed by atoms with Gasteiger partial charge in [-0.25, -0.2) is 4.98 Å². The Morgan fingerprint density at radius 3 is 2.59 bits per heavy atom. The zero-order chi connectivity index (χ0) is 15.7. The van der Waals surface area contributed by atoms with Gasteiger partial charge in [-0.2, -0.15) is 0 Å². The van der Waals surface area contributed by atoms with Crippen molar-refractivity contribution in [3.63, 3.8) is 0 Å². The third-order valence-electron chi connectivity index (χ3n) is 3.08. The molecule has 0 spiro atoms. The maximum absolute atomic E-state index is 12.1. The Morgan fingerprint density at radius 1 is 1.14 bits per heavy atom. The first-order valence-electron chi connectivity index (χ1n) is 6.59. The molecule has 0 saturated heterocycles. The predicted molar refractivity (Wildman–Crippen MR) is 87.0 cm³/mol. The number of benzene rings is 1. The largest absolute Gasteiger partial charge is 0.487 e. The zero-order valence-corrected chi connectivity index (χ0v) is 13.2. The first-order chi connectivity index (χ1) is 10.5. The van der Waals surface area contributed by atoms with Crippen LogP contribution in [0.1, 0.15) is 11.3 Å². The topological polar surface area (TPSA) is 43.6 Å². The number of fused-ring (bicyclic) bond motifs is 1. The number of ether oxygens (including phenoxy) is 1. The van der Waals surface area contributed by atoms with Gasteiger partial charge in [-0.15, -0.1) is 0 Å². The molecule has 0 fully saturated rings. The van der Waals surface area contributed by atoms with E-state index in [9.17, 15) is 4.79 Å². The molecule has 3 aromatic rings. The molecule has 4 nitrogen and oxygen atoms in total. The van der Waals surface area contributed by atoms with Crippen LogP contribution in [0, 0.1) is 6.92 Å². The molecule has 6 heteroatoms. The predicted octanol–water partition coefficient (Wildman–Crippen LogP) is 3.89. The van der Waals surface area contributed by atoms with Gasteiger partial charge in [0.2, 0.25) is 0 Å². The molecule has 0 aliphatic carbocycles. The standard InChI is InChI=1S/C16H12Cl2N2O2/c1-10-2-3-15-19-13(7-16(21)20(15)8-10)9-22-14-5-11(17)4-12(18)6-14/h2-8H,9H2,1H3. The van der Waals surface area contributed by atoms with Gasteiger partial charge in [0, 0.05) is 22.3 Å². The fourth-order valence-corrected chi connectivity index (χ4v) is 2.61. The molecule has 2 aromatic heterocycles. The highest BCUT2D eigenvalue weighted by atomic mass is 35.5. The van der Waals surface area contributed by atoms with E-state index in [2.05, 4.69) is 4.98 Å². The van der Waals surface area contributed by atoms with Gasteiger partial charge in [-0.1, -0.05) is 29.3 Å².